The predicted octanol–water partition coefficient (Wildman–Crippen LogP) is 2.82. The van der Waals surface area contributed by atoms with E-state index in [1.165, 1.54) is 37.7 Å². The van der Waals surface area contributed by atoms with E-state index in [4.69, 9.17) is 0 Å². The number of nitrogens with one attached hydrogen (secondary N) is 1. The van der Waals surface area contributed by atoms with Crippen LogP contribution in [-0.4, -0.2) is 11.2 Å². The SMILES string of the molecule is C=c1ncc(C2CCCCC2)c/c1=C1/N=CC=CN1.CC. The van der Waals surface area contributed by atoms with E-state index >= 15 is 0 Å². The maximum Gasteiger partial charge on any atom is 0.139 e. The lowest BCUT2D eigenvalue weighted by molar-refractivity contribution is 0.442. The highest BCUT2D eigenvalue weighted by Crippen LogP contribution is 2.31. The fraction of sp³-hybridized carbons (Fsp3) is 0.444. The summed E-state index contributed by atoms with van der Waals surface area (Å²) in [4.78, 5) is 8.82. The molecule has 0 saturated heterocycles. The molecule has 1 saturated carbocycles. The first-order valence-corrected chi connectivity index (χ1v) is 7.99. The summed E-state index contributed by atoms with van der Waals surface area (Å²) in [5, 5.41) is 4.97. The number of aromatic nitrogens is 1. The van der Waals surface area contributed by atoms with Crippen LogP contribution in [0, 0.1) is 0 Å². The molecule has 112 valence electrons. The van der Waals surface area contributed by atoms with Crippen molar-refractivity contribution in [3.63, 3.8) is 0 Å². The fourth-order valence-corrected chi connectivity index (χ4v) is 2.85. The summed E-state index contributed by atoms with van der Waals surface area (Å²) in [6.07, 6.45) is 14.2. The number of pyridine rings is 1. The molecule has 0 amide bonds. The van der Waals surface area contributed by atoms with Crippen molar-refractivity contribution >= 4 is 18.6 Å². The molecular formula is C18H25N3. The summed E-state index contributed by atoms with van der Waals surface area (Å²) in [7, 11) is 0. The Morgan fingerprint density at radius 1 is 1.19 bits per heavy atom. The molecule has 2 heterocycles. The summed E-state index contributed by atoms with van der Waals surface area (Å²) < 4.78 is 0. The van der Waals surface area contributed by atoms with E-state index in [1.807, 2.05) is 32.3 Å². The summed E-state index contributed by atoms with van der Waals surface area (Å²) >= 11 is 0. The molecule has 1 aromatic heterocycles. The Kier molecular flexibility index (Phi) is 5.73. The summed E-state index contributed by atoms with van der Waals surface area (Å²) in [5.74, 6) is 1.50. The number of nitrogens with zero attached hydrogens (tertiary/aromatic N) is 2. The van der Waals surface area contributed by atoms with Gasteiger partial charge in [-0.2, -0.15) is 0 Å². The number of aliphatic imine (C=N–C) groups is 1. The van der Waals surface area contributed by atoms with Crippen molar-refractivity contribution in [2.24, 2.45) is 4.99 Å². The van der Waals surface area contributed by atoms with Gasteiger partial charge in [0.2, 0.25) is 0 Å². The van der Waals surface area contributed by atoms with Crippen LogP contribution in [0.5, 0.6) is 0 Å². The highest BCUT2D eigenvalue weighted by molar-refractivity contribution is 5.77. The molecule has 21 heavy (non-hydrogen) atoms. The molecular weight excluding hydrogens is 258 g/mol. The molecule has 3 nitrogen and oxygen atoms in total. The van der Waals surface area contributed by atoms with Crippen molar-refractivity contribution < 1.29 is 0 Å². The maximum absolute atomic E-state index is 4.46. The highest BCUT2D eigenvalue weighted by atomic mass is 15.0. The number of hydrogen-bond acceptors (Lipinski definition) is 3. The molecule has 2 aliphatic rings. The van der Waals surface area contributed by atoms with Gasteiger partial charge in [-0.25, -0.2) is 4.99 Å². The summed E-state index contributed by atoms with van der Waals surface area (Å²) in [6.45, 7) is 8.01. The fourth-order valence-electron chi connectivity index (χ4n) is 2.85. The molecule has 0 spiro atoms. The van der Waals surface area contributed by atoms with E-state index in [9.17, 15) is 0 Å². The third kappa shape index (κ3) is 3.81. The van der Waals surface area contributed by atoms with Crippen LogP contribution in [0.1, 0.15) is 57.4 Å². The van der Waals surface area contributed by atoms with Crippen LogP contribution < -0.4 is 15.9 Å². The van der Waals surface area contributed by atoms with Crippen molar-refractivity contribution in [1.82, 2.24) is 10.3 Å². The molecule has 1 aliphatic heterocycles. The zero-order chi connectivity index (χ0) is 15.1. The second-order valence-electron chi connectivity index (χ2n) is 5.23. The summed E-state index contributed by atoms with van der Waals surface area (Å²) in [5.41, 5.74) is 1.33. The zero-order valence-electron chi connectivity index (χ0n) is 13.1. The van der Waals surface area contributed by atoms with Gasteiger partial charge in [0.15, 0.2) is 0 Å². The lowest BCUT2D eigenvalue weighted by atomic mass is 9.85. The molecule has 0 bridgehead atoms. The molecule has 1 aromatic rings. The van der Waals surface area contributed by atoms with E-state index in [0.29, 0.717) is 5.92 Å². The first-order valence-electron chi connectivity index (χ1n) is 7.99. The minimum absolute atomic E-state index is 0.657. The van der Waals surface area contributed by atoms with Gasteiger partial charge in [0.1, 0.15) is 5.82 Å². The van der Waals surface area contributed by atoms with Gasteiger partial charge < -0.3 is 5.32 Å². The topological polar surface area (TPSA) is 37.3 Å². The molecule has 1 aliphatic carbocycles. The van der Waals surface area contributed by atoms with Gasteiger partial charge in [-0.05, 0) is 36.5 Å². The predicted molar refractivity (Wildman–Crippen MR) is 90.4 cm³/mol. The van der Waals surface area contributed by atoms with Crippen LogP contribution in [0.4, 0.5) is 0 Å². The Balaban J connectivity index is 0.000000774. The van der Waals surface area contributed by atoms with Gasteiger partial charge in [0.05, 0.1) is 5.35 Å². The first kappa shape index (κ1) is 15.5. The molecule has 0 atom stereocenters. The third-order valence-corrected chi connectivity index (χ3v) is 3.93. The lowest BCUT2D eigenvalue weighted by Gasteiger charge is -2.21. The molecule has 1 fully saturated rings. The van der Waals surface area contributed by atoms with Gasteiger partial charge in [-0.3, -0.25) is 4.98 Å². The van der Waals surface area contributed by atoms with Gasteiger partial charge in [-0.1, -0.05) is 39.7 Å². The third-order valence-electron chi connectivity index (χ3n) is 3.93. The van der Waals surface area contributed by atoms with Crippen LogP contribution in [0.15, 0.2) is 29.5 Å². The zero-order valence-corrected chi connectivity index (χ0v) is 13.1. The largest absolute Gasteiger partial charge is 0.346 e. The molecule has 0 unspecified atom stereocenters. The quantitative estimate of drug-likeness (QED) is 0.860. The van der Waals surface area contributed by atoms with Gasteiger partial charge >= 0.3 is 0 Å². The van der Waals surface area contributed by atoms with Crippen LogP contribution in [-0.2, 0) is 0 Å². The van der Waals surface area contributed by atoms with Crippen LogP contribution in [0.3, 0.4) is 0 Å². The second kappa shape index (κ2) is 7.77. The average molecular weight is 283 g/mol. The molecule has 1 N–H and O–H groups in total. The minimum atomic E-state index is 0.657. The molecule has 0 radical (unpaired) electrons. The highest BCUT2D eigenvalue weighted by Gasteiger charge is 2.16. The van der Waals surface area contributed by atoms with Gasteiger partial charge in [0, 0.05) is 23.8 Å². The Hall–Kier alpha value is -1.90. The second-order valence-corrected chi connectivity index (χ2v) is 5.23. The first-order chi connectivity index (χ1) is 10.3. The van der Waals surface area contributed by atoms with Crippen molar-refractivity contribution in [3.05, 3.63) is 40.7 Å². The Bertz CT molecular complexity index is 622. The number of rotatable bonds is 1. The van der Waals surface area contributed by atoms with Crippen molar-refractivity contribution in [1.29, 1.82) is 0 Å². The molecule has 3 rings (SSSR count). The minimum Gasteiger partial charge on any atom is -0.346 e. The van der Waals surface area contributed by atoms with Crippen molar-refractivity contribution in [2.75, 3.05) is 0 Å². The van der Waals surface area contributed by atoms with Crippen LogP contribution >= 0.6 is 0 Å². The number of allylic oxidation sites excluding steroid dienone is 1. The Morgan fingerprint density at radius 2 is 1.95 bits per heavy atom. The molecule has 0 aromatic carbocycles. The van der Waals surface area contributed by atoms with Crippen molar-refractivity contribution in [3.8, 4) is 0 Å². The van der Waals surface area contributed by atoms with Gasteiger partial charge in [-0.15, -0.1) is 0 Å². The number of hydrogen-bond donors (Lipinski definition) is 1. The maximum atomic E-state index is 4.46. The summed E-state index contributed by atoms with van der Waals surface area (Å²) in [6, 6.07) is 2.21. The van der Waals surface area contributed by atoms with E-state index in [-0.39, 0.29) is 0 Å². The van der Waals surface area contributed by atoms with E-state index in [2.05, 4.69) is 27.9 Å². The monoisotopic (exact) mass is 283 g/mol. The van der Waals surface area contributed by atoms with E-state index < -0.39 is 0 Å². The normalized spacial score (nSPS) is 20.5. The smallest absolute Gasteiger partial charge is 0.139 e. The van der Waals surface area contributed by atoms with Crippen LogP contribution in [0.2, 0.25) is 0 Å². The van der Waals surface area contributed by atoms with E-state index in [1.54, 1.807) is 6.21 Å². The lowest BCUT2D eigenvalue weighted by Crippen LogP contribution is -2.33. The van der Waals surface area contributed by atoms with E-state index in [0.717, 1.165) is 16.4 Å². The Morgan fingerprint density at radius 3 is 2.62 bits per heavy atom. The van der Waals surface area contributed by atoms with Gasteiger partial charge in [0.25, 0.3) is 0 Å². The standard InChI is InChI=1S/C16H19N3.C2H6/c1-12-15(16-17-8-5-9-18-16)10-14(11-19-12)13-6-3-2-4-7-13;1-2/h5,8-11,13,17H,1-4,6-7H2;1-2H3/b16-15-;. The molecule has 3 heteroatoms. The van der Waals surface area contributed by atoms with Crippen molar-refractivity contribution in [2.45, 2.75) is 51.9 Å². The average Bonchev–Trinajstić information content (AvgIpc) is 2.59. The van der Waals surface area contributed by atoms with Crippen LogP contribution in [0.25, 0.3) is 12.4 Å². The Labute approximate surface area is 127 Å².